The van der Waals surface area contributed by atoms with Gasteiger partial charge in [0.15, 0.2) is 0 Å². The van der Waals surface area contributed by atoms with E-state index in [1.54, 1.807) is 37.1 Å². The van der Waals surface area contributed by atoms with Crippen LogP contribution in [0.2, 0.25) is 0 Å². The minimum absolute atomic E-state index is 0.132. The molecule has 25 heavy (non-hydrogen) atoms. The van der Waals surface area contributed by atoms with Crippen molar-refractivity contribution in [2.24, 2.45) is 0 Å². The molecule has 6 nitrogen and oxygen atoms in total. The highest BCUT2D eigenvalue weighted by Crippen LogP contribution is 2.18. The highest BCUT2D eigenvalue weighted by Gasteiger charge is 2.17. The lowest BCUT2D eigenvalue weighted by Crippen LogP contribution is -2.36. The summed E-state index contributed by atoms with van der Waals surface area (Å²) < 4.78 is 10.2. The van der Waals surface area contributed by atoms with Gasteiger partial charge >= 0.3 is 12.0 Å². The molecule has 0 bridgehead atoms. The fourth-order valence-electron chi connectivity index (χ4n) is 2.18. The van der Waals surface area contributed by atoms with Gasteiger partial charge < -0.3 is 19.4 Å². The Morgan fingerprint density at radius 2 is 2.00 bits per heavy atom. The van der Waals surface area contributed by atoms with Crippen LogP contribution in [0, 0.1) is 0 Å². The topological polar surface area (TPSA) is 71.8 Å². The standard InChI is InChI=1S/C18H22N2O4S/c1-3-23-17(21)10-11-20(13-15-5-4-12-24-15)18(22)19-14-6-8-16(25-2)9-7-14/h4-9,12H,3,10-11,13H2,1-2H3,(H,19,22). The molecule has 0 saturated heterocycles. The van der Waals surface area contributed by atoms with Crippen LogP contribution in [0.3, 0.4) is 0 Å². The molecule has 0 aliphatic rings. The van der Waals surface area contributed by atoms with Crippen LogP contribution in [0.1, 0.15) is 19.1 Å². The first-order valence-electron chi connectivity index (χ1n) is 8.00. The van der Waals surface area contributed by atoms with E-state index in [0.717, 1.165) is 4.90 Å². The minimum atomic E-state index is -0.330. The van der Waals surface area contributed by atoms with Crippen LogP contribution in [0.15, 0.2) is 52.0 Å². The van der Waals surface area contributed by atoms with Crippen molar-refractivity contribution in [1.82, 2.24) is 4.90 Å². The molecule has 1 N–H and O–H groups in total. The van der Waals surface area contributed by atoms with Gasteiger partial charge in [-0.15, -0.1) is 11.8 Å². The predicted molar refractivity (Wildman–Crippen MR) is 97.6 cm³/mol. The number of rotatable bonds is 8. The number of ether oxygens (including phenoxy) is 1. The zero-order chi connectivity index (χ0) is 18.1. The SMILES string of the molecule is CCOC(=O)CCN(Cc1ccco1)C(=O)Nc1ccc(SC)cc1. The van der Waals surface area contributed by atoms with Crippen molar-refractivity contribution in [3.05, 3.63) is 48.4 Å². The van der Waals surface area contributed by atoms with E-state index in [4.69, 9.17) is 9.15 Å². The molecular weight excluding hydrogens is 340 g/mol. The summed E-state index contributed by atoms with van der Waals surface area (Å²) in [5.74, 6) is 0.320. The number of esters is 1. The van der Waals surface area contributed by atoms with Crippen LogP contribution in [0.4, 0.5) is 10.5 Å². The molecule has 1 heterocycles. The lowest BCUT2D eigenvalue weighted by molar-refractivity contribution is -0.143. The Labute approximate surface area is 151 Å². The van der Waals surface area contributed by atoms with E-state index in [-0.39, 0.29) is 31.5 Å². The number of hydrogen-bond donors (Lipinski definition) is 1. The van der Waals surface area contributed by atoms with Crippen LogP contribution in [-0.2, 0) is 16.1 Å². The van der Waals surface area contributed by atoms with Crippen molar-refractivity contribution < 1.29 is 18.7 Å². The first kappa shape index (κ1) is 18.9. The van der Waals surface area contributed by atoms with Crippen LogP contribution < -0.4 is 5.32 Å². The van der Waals surface area contributed by atoms with E-state index in [9.17, 15) is 9.59 Å². The maximum atomic E-state index is 12.6. The number of nitrogens with one attached hydrogen (secondary N) is 1. The van der Waals surface area contributed by atoms with E-state index in [2.05, 4.69) is 5.32 Å². The number of thioether (sulfide) groups is 1. The van der Waals surface area contributed by atoms with E-state index < -0.39 is 0 Å². The molecular formula is C18H22N2O4S. The van der Waals surface area contributed by atoms with Gasteiger partial charge in [-0.1, -0.05) is 0 Å². The second-order valence-electron chi connectivity index (χ2n) is 5.21. The molecule has 0 aliphatic heterocycles. The number of carbonyl (C=O) groups excluding carboxylic acids is 2. The Bertz CT molecular complexity index is 671. The summed E-state index contributed by atoms with van der Waals surface area (Å²) in [5, 5.41) is 2.85. The van der Waals surface area contributed by atoms with Gasteiger partial charge in [-0.2, -0.15) is 0 Å². The average Bonchev–Trinajstić information content (AvgIpc) is 3.12. The van der Waals surface area contributed by atoms with Crippen LogP contribution in [0.5, 0.6) is 0 Å². The molecule has 2 amide bonds. The summed E-state index contributed by atoms with van der Waals surface area (Å²) in [6, 6.07) is 10.8. The van der Waals surface area contributed by atoms with Gasteiger partial charge in [-0.05, 0) is 49.6 Å². The normalized spacial score (nSPS) is 10.3. The van der Waals surface area contributed by atoms with Crippen molar-refractivity contribution in [1.29, 1.82) is 0 Å². The Morgan fingerprint density at radius 3 is 2.60 bits per heavy atom. The number of carbonyl (C=O) groups is 2. The molecule has 2 rings (SSSR count). The van der Waals surface area contributed by atoms with Crippen LogP contribution in [-0.4, -0.2) is 36.3 Å². The van der Waals surface area contributed by atoms with Crippen molar-refractivity contribution in [2.45, 2.75) is 24.8 Å². The highest BCUT2D eigenvalue weighted by molar-refractivity contribution is 7.98. The van der Waals surface area contributed by atoms with Gasteiger partial charge in [-0.3, -0.25) is 4.79 Å². The van der Waals surface area contributed by atoms with Crippen molar-refractivity contribution >= 4 is 29.4 Å². The summed E-state index contributed by atoms with van der Waals surface area (Å²) in [6.07, 6.45) is 3.68. The van der Waals surface area contributed by atoms with Gasteiger partial charge in [0.1, 0.15) is 5.76 Å². The molecule has 1 aromatic heterocycles. The Kier molecular flexibility index (Phi) is 7.40. The Morgan fingerprint density at radius 1 is 1.24 bits per heavy atom. The second kappa shape index (κ2) is 9.78. The fraction of sp³-hybridized carbons (Fsp3) is 0.333. The van der Waals surface area contributed by atoms with Crippen molar-refractivity contribution in [3.8, 4) is 0 Å². The van der Waals surface area contributed by atoms with Gasteiger partial charge in [-0.25, -0.2) is 4.79 Å². The highest BCUT2D eigenvalue weighted by atomic mass is 32.2. The molecule has 0 fully saturated rings. The van der Waals surface area contributed by atoms with E-state index in [1.165, 1.54) is 4.90 Å². The molecule has 7 heteroatoms. The number of anilines is 1. The molecule has 134 valence electrons. The molecule has 0 spiro atoms. The van der Waals surface area contributed by atoms with Crippen molar-refractivity contribution in [2.75, 3.05) is 24.7 Å². The largest absolute Gasteiger partial charge is 0.467 e. The molecule has 0 radical (unpaired) electrons. The quantitative estimate of drug-likeness (QED) is 0.568. The summed E-state index contributed by atoms with van der Waals surface area (Å²) in [5.41, 5.74) is 0.698. The van der Waals surface area contributed by atoms with E-state index in [1.807, 2.05) is 30.5 Å². The monoisotopic (exact) mass is 362 g/mol. The number of furan rings is 1. The minimum Gasteiger partial charge on any atom is -0.467 e. The Balaban J connectivity index is 2.01. The van der Waals surface area contributed by atoms with Crippen LogP contribution >= 0.6 is 11.8 Å². The maximum absolute atomic E-state index is 12.6. The lowest BCUT2D eigenvalue weighted by atomic mass is 10.3. The molecule has 0 unspecified atom stereocenters. The maximum Gasteiger partial charge on any atom is 0.322 e. The number of hydrogen-bond acceptors (Lipinski definition) is 5. The number of amides is 2. The fourth-order valence-corrected chi connectivity index (χ4v) is 2.59. The third-order valence-electron chi connectivity index (χ3n) is 3.45. The first-order chi connectivity index (χ1) is 12.1. The molecule has 0 atom stereocenters. The Hall–Kier alpha value is -2.41. The zero-order valence-electron chi connectivity index (χ0n) is 14.4. The average molecular weight is 362 g/mol. The zero-order valence-corrected chi connectivity index (χ0v) is 15.2. The number of urea groups is 1. The van der Waals surface area contributed by atoms with Crippen molar-refractivity contribution in [3.63, 3.8) is 0 Å². The summed E-state index contributed by atoms with van der Waals surface area (Å²) in [6.45, 7) is 2.60. The van der Waals surface area contributed by atoms with Crippen LogP contribution in [0.25, 0.3) is 0 Å². The summed E-state index contributed by atoms with van der Waals surface area (Å²) >= 11 is 1.63. The van der Waals surface area contributed by atoms with Gasteiger partial charge in [0.2, 0.25) is 0 Å². The van der Waals surface area contributed by atoms with Gasteiger partial charge in [0.25, 0.3) is 0 Å². The number of nitrogens with zero attached hydrogens (tertiary/aromatic N) is 1. The second-order valence-corrected chi connectivity index (χ2v) is 6.09. The lowest BCUT2D eigenvalue weighted by Gasteiger charge is -2.22. The molecule has 0 saturated carbocycles. The van der Waals surface area contributed by atoms with E-state index in [0.29, 0.717) is 18.1 Å². The first-order valence-corrected chi connectivity index (χ1v) is 9.22. The smallest absolute Gasteiger partial charge is 0.322 e. The third kappa shape index (κ3) is 6.19. The predicted octanol–water partition coefficient (Wildman–Crippen LogP) is 3.99. The van der Waals surface area contributed by atoms with Gasteiger partial charge in [0, 0.05) is 17.1 Å². The third-order valence-corrected chi connectivity index (χ3v) is 4.19. The van der Waals surface area contributed by atoms with E-state index >= 15 is 0 Å². The molecule has 0 aliphatic carbocycles. The molecule has 1 aromatic carbocycles. The number of benzene rings is 1. The summed E-state index contributed by atoms with van der Waals surface area (Å²) in [7, 11) is 0. The molecule has 2 aromatic rings. The van der Waals surface area contributed by atoms with Gasteiger partial charge in [0.05, 0.1) is 25.8 Å². The summed E-state index contributed by atoms with van der Waals surface area (Å²) in [4.78, 5) is 26.8.